The molecule has 6 nitrogen and oxygen atoms in total. The first-order valence-corrected chi connectivity index (χ1v) is 7.22. The summed E-state index contributed by atoms with van der Waals surface area (Å²) >= 11 is 1.54. The molecule has 7 heteroatoms. The van der Waals surface area contributed by atoms with Crippen LogP contribution in [0.2, 0.25) is 0 Å². The highest BCUT2D eigenvalue weighted by atomic mass is 32.1. The molecule has 0 spiro atoms. The molecule has 1 N–H and O–H groups in total. The number of aryl methyl sites for hydroxylation is 2. The topological polar surface area (TPSA) is 71.7 Å². The Balaban J connectivity index is 1.81. The van der Waals surface area contributed by atoms with Gasteiger partial charge in [-0.05, 0) is 26.0 Å². The lowest BCUT2D eigenvalue weighted by molar-refractivity contribution is 0.0948. The Labute approximate surface area is 125 Å². The van der Waals surface area contributed by atoms with Crippen LogP contribution in [0.1, 0.15) is 26.9 Å². The average Bonchev–Trinajstić information content (AvgIpc) is 3.01. The van der Waals surface area contributed by atoms with E-state index in [2.05, 4.69) is 20.5 Å². The van der Waals surface area contributed by atoms with E-state index in [9.17, 15) is 4.79 Å². The van der Waals surface area contributed by atoms with Gasteiger partial charge < -0.3 is 0 Å². The van der Waals surface area contributed by atoms with Crippen LogP contribution in [0.5, 0.6) is 0 Å². The second-order valence-electron chi connectivity index (χ2n) is 4.47. The summed E-state index contributed by atoms with van der Waals surface area (Å²) in [6.45, 7) is 3.72. The van der Waals surface area contributed by atoms with Gasteiger partial charge >= 0.3 is 0 Å². The molecule has 0 saturated heterocycles. The molecule has 0 saturated carbocycles. The van der Waals surface area contributed by atoms with E-state index in [4.69, 9.17) is 0 Å². The maximum atomic E-state index is 12.2. The lowest BCUT2D eigenvalue weighted by Gasteiger charge is -2.00. The first-order valence-electron chi connectivity index (χ1n) is 6.34. The van der Waals surface area contributed by atoms with Crippen molar-refractivity contribution < 1.29 is 4.79 Å². The van der Waals surface area contributed by atoms with Crippen LogP contribution in [0.3, 0.4) is 0 Å². The minimum atomic E-state index is -0.297. The highest BCUT2D eigenvalue weighted by Gasteiger charge is 2.15. The van der Waals surface area contributed by atoms with Gasteiger partial charge in [0.05, 0.1) is 22.6 Å². The summed E-state index contributed by atoms with van der Waals surface area (Å²) in [5.74, 6) is -0.297. The highest BCUT2D eigenvalue weighted by Crippen LogP contribution is 2.11. The van der Waals surface area contributed by atoms with Gasteiger partial charge in [0.1, 0.15) is 11.3 Å². The number of hydrogen-bond acceptors (Lipinski definition) is 5. The van der Waals surface area contributed by atoms with Gasteiger partial charge in [0.2, 0.25) is 0 Å². The van der Waals surface area contributed by atoms with Crippen molar-refractivity contribution in [3.8, 4) is 0 Å². The van der Waals surface area contributed by atoms with E-state index in [0.717, 1.165) is 16.3 Å². The van der Waals surface area contributed by atoms with Gasteiger partial charge in [-0.3, -0.25) is 9.20 Å². The van der Waals surface area contributed by atoms with Crippen molar-refractivity contribution in [2.45, 2.75) is 13.8 Å². The van der Waals surface area contributed by atoms with Crippen molar-refractivity contribution in [2.24, 2.45) is 5.10 Å². The standard InChI is InChI=1S/C14H13N5OS/c1-9-13(19-6-4-3-5-12(19)16-9)14(20)18-15-7-11-8-21-10(2)17-11/h3-8H,1-2H3,(H,18,20)/b15-7-. The largest absolute Gasteiger partial charge is 0.295 e. The number of fused-ring (bicyclic) bond motifs is 1. The van der Waals surface area contributed by atoms with E-state index >= 15 is 0 Å². The Kier molecular flexibility index (Phi) is 3.49. The SMILES string of the molecule is Cc1nc(/C=N\NC(=O)c2c(C)nc3ccccn23)cs1. The maximum Gasteiger partial charge on any atom is 0.290 e. The van der Waals surface area contributed by atoms with E-state index in [1.807, 2.05) is 30.5 Å². The smallest absolute Gasteiger partial charge is 0.290 e. The number of amides is 1. The van der Waals surface area contributed by atoms with Gasteiger partial charge in [0, 0.05) is 11.6 Å². The van der Waals surface area contributed by atoms with Gasteiger partial charge in [0.25, 0.3) is 5.91 Å². The number of carbonyl (C=O) groups is 1. The molecule has 0 bridgehead atoms. The first kappa shape index (κ1) is 13.4. The number of carbonyl (C=O) groups excluding carboxylic acids is 1. The van der Waals surface area contributed by atoms with Crippen molar-refractivity contribution >= 4 is 29.1 Å². The minimum Gasteiger partial charge on any atom is -0.295 e. The summed E-state index contributed by atoms with van der Waals surface area (Å²) < 4.78 is 1.74. The molecule has 0 aliphatic carbocycles. The quantitative estimate of drug-likeness (QED) is 0.595. The van der Waals surface area contributed by atoms with Gasteiger partial charge in [-0.1, -0.05) is 6.07 Å². The average molecular weight is 299 g/mol. The first-order chi connectivity index (χ1) is 10.1. The Morgan fingerprint density at radius 2 is 2.24 bits per heavy atom. The molecule has 106 valence electrons. The molecule has 0 atom stereocenters. The van der Waals surface area contributed by atoms with Crippen molar-refractivity contribution in [3.05, 3.63) is 51.9 Å². The van der Waals surface area contributed by atoms with Crippen molar-refractivity contribution in [3.63, 3.8) is 0 Å². The van der Waals surface area contributed by atoms with Crippen molar-refractivity contribution in [1.82, 2.24) is 19.8 Å². The predicted molar refractivity (Wildman–Crippen MR) is 81.8 cm³/mol. The molecule has 3 aromatic heterocycles. The zero-order chi connectivity index (χ0) is 14.8. The van der Waals surface area contributed by atoms with E-state index in [0.29, 0.717) is 11.4 Å². The summed E-state index contributed by atoms with van der Waals surface area (Å²) in [7, 11) is 0. The Morgan fingerprint density at radius 3 is 3.00 bits per heavy atom. The van der Waals surface area contributed by atoms with Gasteiger partial charge in [-0.25, -0.2) is 15.4 Å². The van der Waals surface area contributed by atoms with E-state index < -0.39 is 0 Å². The van der Waals surface area contributed by atoms with Gasteiger partial charge in [-0.15, -0.1) is 11.3 Å². The molecule has 1 amide bonds. The molecule has 0 aromatic carbocycles. The molecular weight excluding hydrogens is 286 g/mol. The van der Waals surface area contributed by atoms with Crippen LogP contribution in [-0.2, 0) is 0 Å². The van der Waals surface area contributed by atoms with Crippen LogP contribution >= 0.6 is 11.3 Å². The highest BCUT2D eigenvalue weighted by molar-refractivity contribution is 7.09. The van der Waals surface area contributed by atoms with Crippen LogP contribution in [0, 0.1) is 13.8 Å². The number of hydrazone groups is 1. The molecule has 0 radical (unpaired) electrons. The van der Waals surface area contributed by atoms with Crippen LogP contribution in [0.25, 0.3) is 5.65 Å². The van der Waals surface area contributed by atoms with E-state index in [1.54, 1.807) is 17.5 Å². The molecule has 3 rings (SSSR count). The minimum absolute atomic E-state index is 0.297. The molecule has 0 unspecified atom stereocenters. The van der Waals surface area contributed by atoms with Gasteiger partial charge in [-0.2, -0.15) is 5.10 Å². The lowest BCUT2D eigenvalue weighted by Crippen LogP contribution is -2.20. The molecular formula is C14H13N5OS. The number of rotatable bonds is 3. The molecule has 3 heterocycles. The zero-order valence-electron chi connectivity index (χ0n) is 11.6. The third-order valence-corrected chi connectivity index (χ3v) is 3.71. The summed E-state index contributed by atoms with van der Waals surface area (Å²) in [5, 5.41) is 6.78. The number of aromatic nitrogens is 3. The molecule has 21 heavy (non-hydrogen) atoms. The summed E-state index contributed by atoms with van der Waals surface area (Å²) in [5.41, 5.74) is 5.12. The lowest BCUT2D eigenvalue weighted by atomic mass is 10.3. The number of hydrogen-bond donors (Lipinski definition) is 1. The molecule has 0 aliphatic rings. The summed E-state index contributed by atoms with van der Waals surface area (Å²) in [6.07, 6.45) is 3.33. The fourth-order valence-electron chi connectivity index (χ4n) is 2.04. The third kappa shape index (κ3) is 2.68. The zero-order valence-corrected chi connectivity index (χ0v) is 12.4. The van der Waals surface area contributed by atoms with Crippen molar-refractivity contribution in [2.75, 3.05) is 0 Å². The molecule has 0 aliphatic heterocycles. The van der Waals surface area contributed by atoms with Crippen LogP contribution in [0.15, 0.2) is 34.9 Å². The number of nitrogens with zero attached hydrogens (tertiary/aromatic N) is 4. The third-order valence-electron chi connectivity index (χ3n) is 2.92. The predicted octanol–water partition coefficient (Wildman–Crippen LogP) is 2.17. The Hall–Kier alpha value is -2.54. The van der Waals surface area contributed by atoms with E-state index in [1.165, 1.54) is 17.6 Å². The van der Waals surface area contributed by atoms with Crippen LogP contribution in [0.4, 0.5) is 0 Å². The number of nitrogens with one attached hydrogen (secondary N) is 1. The second kappa shape index (κ2) is 5.45. The second-order valence-corrected chi connectivity index (χ2v) is 5.53. The molecule has 0 fully saturated rings. The van der Waals surface area contributed by atoms with Gasteiger partial charge in [0.15, 0.2) is 0 Å². The van der Waals surface area contributed by atoms with Crippen LogP contribution < -0.4 is 5.43 Å². The fourth-order valence-corrected chi connectivity index (χ4v) is 2.60. The fraction of sp³-hybridized carbons (Fsp3) is 0.143. The molecule has 3 aromatic rings. The normalized spacial score (nSPS) is 11.3. The number of pyridine rings is 1. The maximum absolute atomic E-state index is 12.2. The summed E-state index contributed by atoms with van der Waals surface area (Å²) in [4.78, 5) is 20.8. The van der Waals surface area contributed by atoms with Crippen LogP contribution in [-0.4, -0.2) is 26.5 Å². The monoisotopic (exact) mass is 299 g/mol. The number of thiazole rings is 1. The number of imidazole rings is 1. The Bertz CT molecular complexity index is 833. The van der Waals surface area contributed by atoms with Crippen molar-refractivity contribution in [1.29, 1.82) is 0 Å². The van der Waals surface area contributed by atoms with E-state index in [-0.39, 0.29) is 5.91 Å². The Morgan fingerprint density at radius 1 is 1.38 bits per heavy atom. The summed E-state index contributed by atoms with van der Waals surface area (Å²) in [6, 6.07) is 5.59.